The largest absolute Gasteiger partial charge is 0.444 e. The average Bonchev–Trinajstić information content (AvgIpc) is 3.12. The summed E-state index contributed by atoms with van der Waals surface area (Å²) in [6.45, 7) is 7.12. The lowest BCUT2D eigenvalue weighted by Crippen LogP contribution is -2.51. The van der Waals surface area contributed by atoms with Crippen LogP contribution in [-0.2, 0) is 32.2 Å². The van der Waals surface area contributed by atoms with Crippen LogP contribution in [0, 0.1) is 0 Å². The van der Waals surface area contributed by atoms with Crippen molar-refractivity contribution in [1.29, 1.82) is 0 Å². The third kappa shape index (κ3) is 7.52. The van der Waals surface area contributed by atoms with Gasteiger partial charge in [-0.3, -0.25) is 9.69 Å². The van der Waals surface area contributed by atoms with Crippen LogP contribution in [0.3, 0.4) is 0 Å². The zero-order valence-corrected chi connectivity index (χ0v) is 20.8. The summed E-state index contributed by atoms with van der Waals surface area (Å²) in [7, 11) is 0. The van der Waals surface area contributed by atoms with Crippen LogP contribution < -0.4 is 5.32 Å². The molecule has 0 unspecified atom stereocenters. The van der Waals surface area contributed by atoms with Gasteiger partial charge in [0.15, 0.2) is 0 Å². The van der Waals surface area contributed by atoms with E-state index in [1.165, 1.54) is 11.8 Å². The zero-order chi connectivity index (χ0) is 25.4. The SMILES string of the molecule is CC(=O)NC[C@@H]1[C@@H](OCc2ccccc2)[C@H](OCc2ccccc2)[C@H](CO)N1C(=O)OC(C)(C)C. The van der Waals surface area contributed by atoms with Gasteiger partial charge in [-0.25, -0.2) is 4.79 Å². The number of carbonyl (C=O) groups is 2. The van der Waals surface area contributed by atoms with Crippen molar-refractivity contribution in [2.75, 3.05) is 13.2 Å². The van der Waals surface area contributed by atoms with Crippen LogP contribution in [-0.4, -0.2) is 65.1 Å². The molecule has 1 aliphatic rings. The summed E-state index contributed by atoms with van der Waals surface area (Å²) in [5.74, 6) is -0.231. The second-order valence-corrected chi connectivity index (χ2v) is 9.66. The second kappa shape index (κ2) is 12.2. The lowest BCUT2D eigenvalue weighted by molar-refractivity contribution is -0.119. The molecule has 4 atom stereocenters. The molecule has 35 heavy (non-hydrogen) atoms. The maximum Gasteiger partial charge on any atom is 0.411 e. The third-order valence-corrected chi connectivity index (χ3v) is 5.72. The molecule has 1 saturated heterocycles. The smallest absolute Gasteiger partial charge is 0.411 e. The predicted octanol–water partition coefficient (Wildman–Crippen LogP) is 3.27. The van der Waals surface area contributed by atoms with Gasteiger partial charge in [-0.15, -0.1) is 0 Å². The van der Waals surface area contributed by atoms with Crippen LogP contribution in [0.25, 0.3) is 0 Å². The minimum Gasteiger partial charge on any atom is -0.444 e. The molecule has 1 heterocycles. The molecule has 8 nitrogen and oxygen atoms in total. The van der Waals surface area contributed by atoms with Gasteiger partial charge in [-0.2, -0.15) is 0 Å². The van der Waals surface area contributed by atoms with E-state index in [0.717, 1.165) is 11.1 Å². The van der Waals surface area contributed by atoms with E-state index in [1.54, 1.807) is 20.8 Å². The van der Waals surface area contributed by atoms with E-state index in [0.29, 0.717) is 0 Å². The van der Waals surface area contributed by atoms with E-state index in [4.69, 9.17) is 14.2 Å². The quantitative estimate of drug-likeness (QED) is 0.567. The van der Waals surface area contributed by atoms with Crippen LogP contribution in [0.2, 0.25) is 0 Å². The van der Waals surface area contributed by atoms with Crippen LogP contribution >= 0.6 is 0 Å². The first-order valence-corrected chi connectivity index (χ1v) is 11.9. The number of hydrogen-bond acceptors (Lipinski definition) is 6. The van der Waals surface area contributed by atoms with Gasteiger partial charge in [0.2, 0.25) is 5.91 Å². The molecule has 1 aliphatic heterocycles. The molecular weight excluding hydrogens is 448 g/mol. The number of aliphatic hydroxyl groups excluding tert-OH is 1. The maximum absolute atomic E-state index is 13.3. The monoisotopic (exact) mass is 484 g/mol. The fourth-order valence-corrected chi connectivity index (χ4v) is 4.19. The van der Waals surface area contributed by atoms with Crippen molar-refractivity contribution in [3.63, 3.8) is 0 Å². The number of likely N-dealkylation sites (tertiary alicyclic amines) is 1. The van der Waals surface area contributed by atoms with Crippen LogP contribution in [0.15, 0.2) is 60.7 Å². The van der Waals surface area contributed by atoms with Gasteiger partial charge in [-0.05, 0) is 31.9 Å². The Hall–Kier alpha value is -2.94. The summed E-state index contributed by atoms with van der Waals surface area (Å²) in [6.07, 6.45) is -1.85. The molecule has 0 aromatic heterocycles. The summed E-state index contributed by atoms with van der Waals surface area (Å²) >= 11 is 0. The Balaban J connectivity index is 1.92. The van der Waals surface area contributed by atoms with E-state index in [1.807, 2.05) is 60.7 Å². The number of benzene rings is 2. The molecule has 190 valence electrons. The molecule has 3 rings (SSSR count). The maximum atomic E-state index is 13.3. The minimum atomic E-state index is -0.737. The van der Waals surface area contributed by atoms with Crippen molar-refractivity contribution < 1.29 is 28.9 Å². The van der Waals surface area contributed by atoms with Gasteiger partial charge < -0.3 is 24.6 Å². The highest BCUT2D eigenvalue weighted by Gasteiger charge is 2.53. The van der Waals surface area contributed by atoms with Crippen molar-refractivity contribution in [3.8, 4) is 0 Å². The highest BCUT2D eigenvalue weighted by molar-refractivity contribution is 5.73. The van der Waals surface area contributed by atoms with Gasteiger partial charge in [0, 0.05) is 13.5 Å². The summed E-state index contributed by atoms with van der Waals surface area (Å²) in [6, 6.07) is 18.0. The first-order chi connectivity index (χ1) is 16.7. The summed E-state index contributed by atoms with van der Waals surface area (Å²) in [5, 5.41) is 13.2. The van der Waals surface area contributed by atoms with Crippen LogP contribution in [0.1, 0.15) is 38.8 Å². The molecule has 0 bridgehead atoms. The molecule has 2 aromatic rings. The Morgan fingerprint density at radius 2 is 1.37 bits per heavy atom. The van der Waals surface area contributed by atoms with E-state index in [-0.39, 0.29) is 32.3 Å². The topological polar surface area (TPSA) is 97.3 Å². The molecule has 2 aromatic carbocycles. The van der Waals surface area contributed by atoms with Gasteiger partial charge >= 0.3 is 6.09 Å². The van der Waals surface area contributed by atoms with E-state index < -0.39 is 36.0 Å². The summed E-state index contributed by atoms with van der Waals surface area (Å²) in [5.41, 5.74) is 1.18. The van der Waals surface area contributed by atoms with Gasteiger partial charge in [-0.1, -0.05) is 60.7 Å². The Bertz CT molecular complexity index is 947. The number of aliphatic hydroxyl groups is 1. The predicted molar refractivity (Wildman–Crippen MR) is 131 cm³/mol. The number of nitrogens with one attached hydrogen (secondary N) is 1. The molecule has 0 saturated carbocycles. The number of nitrogens with zero attached hydrogens (tertiary/aromatic N) is 1. The van der Waals surface area contributed by atoms with Gasteiger partial charge in [0.1, 0.15) is 17.8 Å². The normalized spacial score (nSPS) is 22.1. The summed E-state index contributed by atoms with van der Waals surface area (Å²) < 4.78 is 18.3. The van der Waals surface area contributed by atoms with Gasteiger partial charge in [0.05, 0.1) is 31.9 Å². The minimum absolute atomic E-state index is 0.135. The van der Waals surface area contributed by atoms with E-state index in [2.05, 4.69) is 5.32 Å². The highest BCUT2D eigenvalue weighted by Crippen LogP contribution is 2.33. The van der Waals surface area contributed by atoms with Crippen molar-refractivity contribution in [2.24, 2.45) is 0 Å². The summed E-state index contributed by atoms with van der Waals surface area (Å²) in [4.78, 5) is 26.5. The average molecular weight is 485 g/mol. The molecular formula is C27H36N2O6. The number of rotatable bonds is 9. The van der Waals surface area contributed by atoms with Gasteiger partial charge in [0.25, 0.3) is 0 Å². The molecule has 2 N–H and O–H groups in total. The zero-order valence-electron chi connectivity index (χ0n) is 20.8. The van der Waals surface area contributed by atoms with Crippen molar-refractivity contribution in [1.82, 2.24) is 10.2 Å². The Labute approximate surface area is 207 Å². The molecule has 2 amide bonds. The molecule has 0 aliphatic carbocycles. The van der Waals surface area contributed by atoms with Crippen molar-refractivity contribution in [3.05, 3.63) is 71.8 Å². The number of amides is 2. The Kier molecular flexibility index (Phi) is 9.26. The van der Waals surface area contributed by atoms with Crippen LogP contribution in [0.4, 0.5) is 4.79 Å². The van der Waals surface area contributed by atoms with Crippen LogP contribution in [0.5, 0.6) is 0 Å². The number of ether oxygens (including phenoxy) is 3. The van der Waals surface area contributed by atoms with E-state index in [9.17, 15) is 14.7 Å². The fourth-order valence-electron chi connectivity index (χ4n) is 4.19. The number of carbonyl (C=O) groups excluding carboxylic acids is 2. The Morgan fingerprint density at radius 3 is 1.80 bits per heavy atom. The molecule has 1 fully saturated rings. The molecule has 0 spiro atoms. The van der Waals surface area contributed by atoms with Crippen molar-refractivity contribution in [2.45, 2.75) is 70.8 Å². The first-order valence-electron chi connectivity index (χ1n) is 11.9. The third-order valence-electron chi connectivity index (χ3n) is 5.72. The second-order valence-electron chi connectivity index (χ2n) is 9.66. The molecule has 8 heteroatoms. The number of hydrogen-bond donors (Lipinski definition) is 2. The highest BCUT2D eigenvalue weighted by atomic mass is 16.6. The van der Waals surface area contributed by atoms with Crippen molar-refractivity contribution >= 4 is 12.0 Å². The first kappa shape index (κ1) is 26.7. The lowest BCUT2D eigenvalue weighted by atomic mass is 10.1. The fraction of sp³-hybridized carbons (Fsp3) is 0.481. The standard InChI is InChI=1S/C27H36N2O6/c1-19(31)28-15-22-24(33-17-20-11-7-5-8-12-20)25(34-18-21-13-9-6-10-14-21)23(16-30)29(22)26(32)35-27(2,3)4/h5-14,22-25,30H,15-18H2,1-4H3,(H,28,31)/t22-,23+,24-,25-/m1/s1. The Morgan fingerprint density at radius 1 is 0.886 bits per heavy atom. The lowest BCUT2D eigenvalue weighted by Gasteiger charge is -2.32. The van der Waals surface area contributed by atoms with E-state index >= 15 is 0 Å². The molecule has 0 radical (unpaired) electrons.